The normalized spacial score (nSPS) is 10.6. The van der Waals surface area contributed by atoms with Crippen LogP contribution in [0.5, 0.6) is 6.01 Å². The number of anilines is 1. The van der Waals surface area contributed by atoms with E-state index in [1.54, 1.807) is 16.8 Å². The van der Waals surface area contributed by atoms with Crippen molar-refractivity contribution in [2.75, 3.05) is 31.6 Å². The van der Waals surface area contributed by atoms with Gasteiger partial charge in [-0.2, -0.15) is 15.0 Å². The van der Waals surface area contributed by atoms with Gasteiger partial charge in [0.1, 0.15) is 0 Å². The van der Waals surface area contributed by atoms with Crippen LogP contribution in [0.25, 0.3) is 0 Å². The van der Waals surface area contributed by atoms with Crippen LogP contribution in [0, 0.1) is 0 Å². The van der Waals surface area contributed by atoms with E-state index in [2.05, 4.69) is 15.0 Å². The largest absolute Gasteiger partial charge is 0.461 e. The van der Waals surface area contributed by atoms with Crippen LogP contribution >= 0.6 is 11.6 Å². The highest BCUT2D eigenvalue weighted by Gasteiger charge is 2.16. The van der Waals surface area contributed by atoms with Crippen LogP contribution in [0.3, 0.4) is 0 Å². The zero-order valence-corrected chi connectivity index (χ0v) is 13.9. The fraction of sp³-hybridized carbons (Fsp3) is 0.692. The van der Waals surface area contributed by atoms with Crippen molar-refractivity contribution in [1.82, 2.24) is 19.9 Å². The molecule has 0 atom stereocenters. The second kappa shape index (κ2) is 7.97. The smallest absolute Gasteiger partial charge is 0.322 e. The predicted octanol–water partition coefficient (Wildman–Crippen LogP) is 1.62. The van der Waals surface area contributed by atoms with Gasteiger partial charge in [-0.3, -0.25) is 4.79 Å². The lowest BCUT2D eigenvalue weighted by atomic mass is 10.4. The molecule has 1 amide bonds. The maximum absolute atomic E-state index is 12.1. The minimum atomic E-state index is -0.0704. The number of halogens is 1. The minimum absolute atomic E-state index is 0.00497. The molecule has 7 nitrogen and oxygen atoms in total. The van der Waals surface area contributed by atoms with E-state index in [4.69, 9.17) is 16.3 Å². The zero-order valence-electron chi connectivity index (χ0n) is 13.1. The Morgan fingerprint density at radius 3 is 2.38 bits per heavy atom. The highest BCUT2D eigenvalue weighted by molar-refractivity contribution is 6.28. The first-order valence-corrected chi connectivity index (χ1v) is 7.32. The van der Waals surface area contributed by atoms with Crippen molar-refractivity contribution in [3.63, 3.8) is 0 Å². The maximum Gasteiger partial charge on any atom is 0.322 e. The summed E-state index contributed by atoms with van der Waals surface area (Å²) in [7, 11) is 1.73. The van der Waals surface area contributed by atoms with Gasteiger partial charge in [-0.15, -0.1) is 0 Å². The molecule has 1 aromatic rings. The number of ether oxygens (including phenoxy) is 1. The maximum atomic E-state index is 12.1. The van der Waals surface area contributed by atoms with Crippen LogP contribution in [-0.4, -0.2) is 58.5 Å². The molecule has 0 aliphatic carbocycles. The molecule has 21 heavy (non-hydrogen) atoms. The summed E-state index contributed by atoms with van der Waals surface area (Å²) in [6.07, 6.45) is -0.0704. The first-order valence-electron chi connectivity index (χ1n) is 6.94. The molecule has 0 aliphatic rings. The van der Waals surface area contributed by atoms with E-state index in [1.807, 2.05) is 27.7 Å². The molecule has 0 fully saturated rings. The van der Waals surface area contributed by atoms with Gasteiger partial charge >= 0.3 is 6.01 Å². The van der Waals surface area contributed by atoms with Gasteiger partial charge in [0.15, 0.2) is 0 Å². The molecule has 0 bridgehead atoms. The van der Waals surface area contributed by atoms with E-state index in [0.29, 0.717) is 19.0 Å². The third kappa shape index (κ3) is 5.34. The molecule has 0 aromatic carbocycles. The van der Waals surface area contributed by atoms with Gasteiger partial charge in [0.2, 0.25) is 17.1 Å². The van der Waals surface area contributed by atoms with Gasteiger partial charge in [-0.1, -0.05) is 0 Å². The molecule has 1 heterocycles. The number of hydrogen-bond donors (Lipinski definition) is 0. The van der Waals surface area contributed by atoms with Crippen molar-refractivity contribution in [1.29, 1.82) is 0 Å². The number of carbonyl (C=O) groups excluding carboxylic acids is 1. The lowest BCUT2D eigenvalue weighted by Crippen LogP contribution is -2.39. The van der Waals surface area contributed by atoms with Crippen molar-refractivity contribution in [3.05, 3.63) is 5.28 Å². The van der Waals surface area contributed by atoms with Gasteiger partial charge in [-0.05, 0) is 39.3 Å². The van der Waals surface area contributed by atoms with Crippen LogP contribution in [-0.2, 0) is 4.79 Å². The Labute approximate surface area is 130 Å². The minimum Gasteiger partial charge on any atom is -0.461 e. The van der Waals surface area contributed by atoms with Gasteiger partial charge in [0.25, 0.3) is 0 Å². The van der Waals surface area contributed by atoms with Gasteiger partial charge in [-0.25, -0.2) is 0 Å². The van der Waals surface area contributed by atoms with Crippen molar-refractivity contribution in [2.45, 2.75) is 33.8 Å². The second-order valence-electron chi connectivity index (χ2n) is 4.78. The summed E-state index contributed by atoms with van der Waals surface area (Å²) in [6.45, 7) is 9.12. The Morgan fingerprint density at radius 2 is 1.86 bits per heavy atom. The summed E-state index contributed by atoms with van der Waals surface area (Å²) >= 11 is 5.87. The van der Waals surface area contributed by atoms with Crippen molar-refractivity contribution in [2.24, 2.45) is 0 Å². The Morgan fingerprint density at radius 1 is 1.24 bits per heavy atom. The van der Waals surface area contributed by atoms with Crippen molar-refractivity contribution >= 4 is 23.5 Å². The van der Waals surface area contributed by atoms with E-state index < -0.39 is 0 Å². The van der Waals surface area contributed by atoms with Crippen LogP contribution in [0.4, 0.5) is 5.95 Å². The molecular formula is C13H22ClN5O2. The van der Waals surface area contributed by atoms with Gasteiger partial charge < -0.3 is 14.5 Å². The lowest BCUT2D eigenvalue weighted by Gasteiger charge is -2.23. The Balaban J connectivity index is 2.84. The standard InChI is InChI=1S/C13H22ClN5O2/c1-6-19(7-2)10(20)8-18(5)12-15-11(14)16-13(17-12)21-9(3)4/h9H,6-8H2,1-5H3. The van der Waals surface area contributed by atoms with Crippen LogP contribution in [0.2, 0.25) is 5.28 Å². The highest BCUT2D eigenvalue weighted by atomic mass is 35.5. The van der Waals surface area contributed by atoms with Crippen molar-refractivity contribution in [3.8, 4) is 6.01 Å². The topological polar surface area (TPSA) is 71.5 Å². The summed E-state index contributed by atoms with van der Waals surface area (Å²) < 4.78 is 5.41. The monoisotopic (exact) mass is 315 g/mol. The molecule has 0 unspecified atom stereocenters. The average molecular weight is 316 g/mol. The number of aromatic nitrogens is 3. The Bertz CT molecular complexity index is 480. The molecule has 0 radical (unpaired) electrons. The van der Waals surface area contributed by atoms with E-state index in [0.717, 1.165) is 0 Å². The molecular weight excluding hydrogens is 294 g/mol. The van der Waals surface area contributed by atoms with Crippen LogP contribution < -0.4 is 9.64 Å². The predicted molar refractivity (Wildman–Crippen MR) is 81.8 cm³/mol. The summed E-state index contributed by atoms with van der Waals surface area (Å²) in [5.74, 6) is 0.316. The van der Waals surface area contributed by atoms with E-state index >= 15 is 0 Å². The first kappa shape index (κ1) is 17.4. The summed E-state index contributed by atoms with van der Waals surface area (Å²) in [6, 6.07) is 0.155. The summed E-state index contributed by atoms with van der Waals surface area (Å²) in [5.41, 5.74) is 0. The van der Waals surface area contributed by atoms with Crippen molar-refractivity contribution < 1.29 is 9.53 Å². The molecule has 1 rings (SSSR count). The molecule has 1 aromatic heterocycles. The molecule has 0 aliphatic heterocycles. The van der Waals surface area contributed by atoms with E-state index in [-0.39, 0.29) is 29.8 Å². The first-order chi connectivity index (χ1) is 9.87. The fourth-order valence-corrected chi connectivity index (χ4v) is 1.85. The number of rotatable bonds is 7. The molecule has 0 saturated heterocycles. The molecule has 0 spiro atoms. The van der Waals surface area contributed by atoms with E-state index in [1.165, 1.54) is 0 Å². The van der Waals surface area contributed by atoms with Gasteiger partial charge in [0, 0.05) is 20.1 Å². The zero-order chi connectivity index (χ0) is 16.0. The summed E-state index contributed by atoms with van der Waals surface area (Å²) in [4.78, 5) is 27.5. The number of hydrogen-bond acceptors (Lipinski definition) is 6. The molecule has 0 saturated carbocycles. The molecule has 118 valence electrons. The SMILES string of the molecule is CCN(CC)C(=O)CN(C)c1nc(Cl)nc(OC(C)C)n1. The average Bonchev–Trinajstić information content (AvgIpc) is 2.38. The third-order valence-corrected chi connectivity index (χ3v) is 2.92. The molecule has 0 N–H and O–H groups in total. The van der Waals surface area contributed by atoms with Gasteiger partial charge in [0.05, 0.1) is 12.6 Å². The van der Waals surface area contributed by atoms with Crippen LogP contribution in [0.15, 0.2) is 0 Å². The Kier molecular flexibility index (Phi) is 6.61. The Hall–Kier alpha value is -1.63. The molecule has 8 heteroatoms. The van der Waals surface area contributed by atoms with E-state index in [9.17, 15) is 4.79 Å². The lowest BCUT2D eigenvalue weighted by molar-refractivity contribution is -0.129. The number of carbonyl (C=O) groups is 1. The summed E-state index contributed by atoms with van der Waals surface area (Å²) in [5, 5.41) is 0.0396. The number of nitrogens with zero attached hydrogens (tertiary/aromatic N) is 5. The number of likely N-dealkylation sites (N-methyl/N-ethyl adjacent to an activating group) is 2. The quantitative estimate of drug-likeness (QED) is 0.761. The second-order valence-corrected chi connectivity index (χ2v) is 5.11. The highest BCUT2D eigenvalue weighted by Crippen LogP contribution is 2.15. The third-order valence-electron chi connectivity index (χ3n) is 2.75. The number of amides is 1. The van der Waals surface area contributed by atoms with Crippen LogP contribution in [0.1, 0.15) is 27.7 Å². The fourth-order valence-electron chi connectivity index (χ4n) is 1.71.